The molecule has 1 aromatic heterocycles. The molecule has 1 atom stereocenters. The van der Waals surface area contributed by atoms with Crippen LogP contribution in [0.2, 0.25) is 0 Å². The van der Waals surface area contributed by atoms with E-state index in [2.05, 4.69) is 11.1 Å². The lowest BCUT2D eigenvalue weighted by Crippen LogP contribution is -2.52. The van der Waals surface area contributed by atoms with Gasteiger partial charge in [0.2, 0.25) is 5.91 Å². The summed E-state index contributed by atoms with van der Waals surface area (Å²) in [5.74, 6) is 0.225. The molecule has 0 saturated carbocycles. The molecular weight excluding hydrogens is 388 g/mol. The minimum absolute atomic E-state index is 0.125. The second-order valence-electron chi connectivity index (χ2n) is 7.97. The molecule has 2 aliphatic heterocycles. The van der Waals surface area contributed by atoms with Crippen LogP contribution in [0.4, 0.5) is 0 Å². The SMILES string of the molecule is COCCOC1CCOC2(CCN(C(=O)CCc3nc4ccccc4s3)CC2)C1. The Hall–Kier alpha value is -1.54. The number of aromatic nitrogens is 1. The zero-order valence-corrected chi connectivity index (χ0v) is 17.9. The molecule has 2 saturated heterocycles. The van der Waals surface area contributed by atoms with E-state index in [1.165, 1.54) is 4.70 Å². The van der Waals surface area contributed by atoms with Crippen molar-refractivity contribution in [1.82, 2.24) is 9.88 Å². The molecule has 4 rings (SSSR count). The van der Waals surface area contributed by atoms with Crippen LogP contribution in [0, 0.1) is 0 Å². The summed E-state index contributed by atoms with van der Waals surface area (Å²) in [5, 5.41) is 1.04. The molecule has 2 fully saturated rings. The Morgan fingerprint density at radius 2 is 2.14 bits per heavy atom. The Balaban J connectivity index is 1.24. The third-order valence-corrected chi connectivity index (χ3v) is 7.10. The van der Waals surface area contributed by atoms with Crippen molar-refractivity contribution < 1.29 is 19.0 Å². The third-order valence-electron chi connectivity index (χ3n) is 6.01. The summed E-state index contributed by atoms with van der Waals surface area (Å²) in [4.78, 5) is 19.4. The van der Waals surface area contributed by atoms with E-state index in [0.29, 0.717) is 26.1 Å². The van der Waals surface area contributed by atoms with E-state index in [-0.39, 0.29) is 17.6 Å². The lowest BCUT2D eigenvalue weighted by molar-refractivity contribution is -0.162. The average Bonchev–Trinajstić information content (AvgIpc) is 3.16. The summed E-state index contributed by atoms with van der Waals surface area (Å²) in [6.07, 6.45) is 5.12. The Kier molecular flexibility index (Phi) is 6.80. The highest BCUT2D eigenvalue weighted by atomic mass is 32.1. The number of para-hydroxylation sites is 1. The number of methoxy groups -OCH3 is 1. The summed E-state index contributed by atoms with van der Waals surface area (Å²) < 4.78 is 18.4. The quantitative estimate of drug-likeness (QED) is 0.645. The number of amides is 1. The van der Waals surface area contributed by atoms with Crippen LogP contribution >= 0.6 is 11.3 Å². The smallest absolute Gasteiger partial charge is 0.222 e. The number of fused-ring (bicyclic) bond motifs is 1. The summed E-state index contributed by atoms with van der Waals surface area (Å²) in [7, 11) is 1.69. The topological polar surface area (TPSA) is 60.9 Å². The second-order valence-corrected chi connectivity index (χ2v) is 9.08. The highest BCUT2D eigenvalue weighted by Gasteiger charge is 2.41. The van der Waals surface area contributed by atoms with E-state index in [0.717, 1.165) is 55.9 Å². The minimum atomic E-state index is -0.125. The maximum absolute atomic E-state index is 12.7. The standard InChI is InChI=1S/C22H30N2O4S/c1-26-14-15-27-17-8-13-28-22(16-17)9-11-24(12-10-22)21(25)7-6-20-23-18-4-2-3-5-19(18)29-20/h2-5,17H,6-16H2,1H3. The number of likely N-dealkylation sites (tertiary alicyclic amines) is 1. The first-order valence-electron chi connectivity index (χ1n) is 10.5. The molecule has 1 unspecified atom stereocenters. The molecule has 0 bridgehead atoms. The second kappa shape index (κ2) is 9.51. The van der Waals surface area contributed by atoms with Crippen molar-refractivity contribution in [2.75, 3.05) is 40.0 Å². The first kappa shape index (κ1) is 20.7. The number of hydrogen-bond acceptors (Lipinski definition) is 6. The van der Waals surface area contributed by atoms with Gasteiger partial charge in [-0.3, -0.25) is 4.79 Å². The van der Waals surface area contributed by atoms with Crippen molar-refractivity contribution in [1.29, 1.82) is 0 Å². The van der Waals surface area contributed by atoms with E-state index in [9.17, 15) is 4.79 Å². The summed E-state index contributed by atoms with van der Waals surface area (Å²) in [6, 6.07) is 8.14. The van der Waals surface area contributed by atoms with Gasteiger partial charge in [0.1, 0.15) is 0 Å². The Labute approximate surface area is 176 Å². The molecule has 1 aromatic carbocycles. The third kappa shape index (κ3) is 5.15. The fourth-order valence-corrected chi connectivity index (χ4v) is 5.30. The Morgan fingerprint density at radius 3 is 2.93 bits per heavy atom. The van der Waals surface area contributed by atoms with Crippen molar-refractivity contribution in [3.63, 3.8) is 0 Å². The number of nitrogens with zero attached hydrogens (tertiary/aromatic N) is 2. The van der Waals surface area contributed by atoms with Crippen LogP contribution < -0.4 is 0 Å². The number of rotatable bonds is 7. The summed E-state index contributed by atoms with van der Waals surface area (Å²) >= 11 is 1.69. The molecule has 2 aliphatic rings. The van der Waals surface area contributed by atoms with Gasteiger partial charge in [-0.25, -0.2) is 4.98 Å². The molecule has 0 radical (unpaired) electrons. The highest BCUT2D eigenvalue weighted by molar-refractivity contribution is 7.18. The molecular formula is C22H30N2O4S. The van der Waals surface area contributed by atoms with Gasteiger partial charge in [-0.15, -0.1) is 11.3 Å². The lowest BCUT2D eigenvalue weighted by atomic mass is 9.83. The molecule has 0 N–H and O–H groups in total. The monoisotopic (exact) mass is 418 g/mol. The molecule has 1 amide bonds. The maximum atomic E-state index is 12.7. The lowest BCUT2D eigenvalue weighted by Gasteiger charge is -2.46. The van der Waals surface area contributed by atoms with Crippen molar-refractivity contribution >= 4 is 27.5 Å². The van der Waals surface area contributed by atoms with Crippen LogP contribution in [0.15, 0.2) is 24.3 Å². The fourth-order valence-electron chi connectivity index (χ4n) is 4.33. The maximum Gasteiger partial charge on any atom is 0.222 e. The van der Waals surface area contributed by atoms with Crippen molar-refractivity contribution in [2.45, 2.75) is 50.2 Å². The van der Waals surface area contributed by atoms with Crippen LogP contribution in [0.5, 0.6) is 0 Å². The van der Waals surface area contributed by atoms with Crippen LogP contribution in [-0.2, 0) is 25.4 Å². The molecule has 7 heteroatoms. The van der Waals surface area contributed by atoms with Gasteiger partial charge in [0.15, 0.2) is 0 Å². The van der Waals surface area contributed by atoms with Gasteiger partial charge >= 0.3 is 0 Å². The number of benzene rings is 1. The number of hydrogen-bond donors (Lipinski definition) is 0. The van der Waals surface area contributed by atoms with Gasteiger partial charge < -0.3 is 19.1 Å². The molecule has 6 nitrogen and oxygen atoms in total. The van der Waals surface area contributed by atoms with Crippen LogP contribution in [0.3, 0.4) is 0 Å². The van der Waals surface area contributed by atoms with E-state index in [1.54, 1.807) is 18.4 Å². The number of aryl methyl sites for hydroxylation is 1. The predicted molar refractivity (Wildman–Crippen MR) is 113 cm³/mol. The highest BCUT2D eigenvalue weighted by Crippen LogP contribution is 2.36. The summed E-state index contributed by atoms with van der Waals surface area (Å²) in [5.41, 5.74) is 0.899. The molecule has 3 heterocycles. The number of carbonyl (C=O) groups is 1. The van der Waals surface area contributed by atoms with Crippen molar-refractivity contribution in [3.05, 3.63) is 29.3 Å². The average molecular weight is 419 g/mol. The van der Waals surface area contributed by atoms with E-state index < -0.39 is 0 Å². The zero-order valence-electron chi connectivity index (χ0n) is 17.1. The van der Waals surface area contributed by atoms with Crippen LogP contribution in [0.25, 0.3) is 10.2 Å². The van der Waals surface area contributed by atoms with E-state index in [4.69, 9.17) is 14.2 Å². The number of thiazole rings is 1. The molecule has 1 spiro atoms. The van der Waals surface area contributed by atoms with Gasteiger partial charge in [-0.2, -0.15) is 0 Å². The molecule has 0 aliphatic carbocycles. The Bertz CT molecular complexity index is 783. The van der Waals surface area contributed by atoms with Gasteiger partial charge in [0, 0.05) is 46.1 Å². The summed E-state index contributed by atoms with van der Waals surface area (Å²) in [6.45, 7) is 3.53. The molecule has 158 valence electrons. The number of piperidine rings is 1. The van der Waals surface area contributed by atoms with Crippen molar-refractivity contribution in [3.8, 4) is 0 Å². The fraction of sp³-hybridized carbons (Fsp3) is 0.636. The zero-order chi connectivity index (χ0) is 20.1. The van der Waals surface area contributed by atoms with Crippen LogP contribution in [0.1, 0.15) is 37.1 Å². The van der Waals surface area contributed by atoms with Gasteiger partial charge in [0.25, 0.3) is 0 Å². The van der Waals surface area contributed by atoms with Gasteiger partial charge in [0.05, 0.1) is 40.1 Å². The van der Waals surface area contributed by atoms with Gasteiger partial charge in [-0.1, -0.05) is 12.1 Å². The van der Waals surface area contributed by atoms with E-state index in [1.807, 2.05) is 23.1 Å². The first-order chi connectivity index (χ1) is 14.2. The normalized spacial score (nSPS) is 21.7. The molecule has 2 aromatic rings. The van der Waals surface area contributed by atoms with Crippen molar-refractivity contribution in [2.24, 2.45) is 0 Å². The largest absolute Gasteiger partial charge is 0.382 e. The first-order valence-corrected chi connectivity index (χ1v) is 11.4. The van der Waals surface area contributed by atoms with E-state index >= 15 is 0 Å². The van der Waals surface area contributed by atoms with Gasteiger partial charge in [-0.05, 0) is 31.4 Å². The Morgan fingerprint density at radius 1 is 1.31 bits per heavy atom. The predicted octanol–water partition coefficient (Wildman–Crippen LogP) is 3.43. The van der Waals surface area contributed by atoms with Crippen LogP contribution in [-0.4, -0.2) is 67.5 Å². The molecule has 29 heavy (non-hydrogen) atoms. The number of ether oxygens (including phenoxy) is 3. The number of carbonyl (C=O) groups excluding carboxylic acids is 1. The minimum Gasteiger partial charge on any atom is -0.382 e.